The van der Waals surface area contributed by atoms with Crippen molar-refractivity contribution in [3.05, 3.63) is 59.9 Å². The molecule has 0 amide bonds. The summed E-state index contributed by atoms with van der Waals surface area (Å²) < 4.78 is 10.7. The SMILES string of the molecule is COc1ccc([C@H](C)Nc2ncncc2-c2nc(-c3cccs3)no2)cc1. The van der Waals surface area contributed by atoms with Crippen molar-refractivity contribution in [2.24, 2.45) is 0 Å². The lowest BCUT2D eigenvalue weighted by Gasteiger charge is -2.16. The van der Waals surface area contributed by atoms with E-state index in [0.29, 0.717) is 23.1 Å². The van der Waals surface area contributed by atoms with Crippen LogP contribution in [0.2, 0.25) is 0 Å². The smallest absolute Gasteiger partial charge is 0.263 e. The Hall–Kier alpha value is -3.26. The molecule has 0 aliphatic heterocycles. The van der Waals surface area contributed by atoms with Crippen molar-refractivity contribution in [1.82, 2.24) is 20.1 Å². The van der Waals surface area contributed by atoms with Gasteiger partial charge >= 0.3 is 0 Å². The van der Waals surface area contributed by atoms with Crippen LogP contribution in [0.4, 0.5) is 5.82 Å². The summed E-state index contributed by atoms with van der Waals surface area (Å²) in [7, 11) is 1.65. The molecule has 1 N–H and O–H groups in total. The molecule has 0 unspecified atom stereocenters. The van der Waals surface area contributed by atoms with Crippen LogP contribution in [0, 0.1) is 0 Å². The van der Waals surface area contributed by atoms with E-state index in [1.807, 2.05) is 41.8 Å². The third-order valence-electron chi connectivity index (χ3n) is 4.08. The Kier molecular flexibility index (Phi) is 4.80. The first-order valence-corrected chi connectivity index (χ1v) is 9.21. The fourth-order valence-corrected chi connectivity index (χ4v) is 3.27. The van der Waals surface area contributed by atoms with Gasteiger partial charge in [-0.2, -0.15) is 4.98 Å². The molecule has 3 heterocycles. The normalized spacial score (nSPS) is 11.9. The van der Waals surface area contributed by atoms with E-state index in [9.17, 15) is 0 Å². The molecule has 4 aromatic rings. The van der Waals surface area contributed by atoms with Gasteiger partial charge in [0.2, 0.25) is 5.82 Å². The van der Waals surface area contributed by atoms with Gasteiger partial charge in [-0.1, -0.05) is 23.4 Å². The summed E-state index contributed by atoms with van der Waals surface area (Å²) in [6, 6.07) is 11.8. The maximum atomic E-state index is 5.44. The topological polar surface area (TPSA) is 86.0 Å². The molecule has 136 valence electrons. The number of rotatable bonds is 6. The predicted molar refractivity (Wildman–Crippen MR) is 104 cm³/mol. The number of anilines is 1. The monoisotopic (exact) mass is 379 g/mol. The van der Waals surface area contributed by atoms with Crippen molar-refractivity contribution >= 4 is 17.2 Å². The largest absolute Gasteiger partial charge is 0.497 e. The van der Waals surface area contributed by atoms with Gasteiger partial charge in [-0.15, -0.1) is 11.3 Å². The molecule has 3 aromatic heterocycles. The number of nitrogens with one attached hydrogen (secondary N) is 1. The van der Waals surface area contributed by atoms with E-state index in [1.54, 1.807) is 24.6 Å². The number of thiophene rings is 1. The second-order valence-electron chi connectivity index (χ2n) is 5.82. The summed E-state index contributed by atoms with van der Waals surface area (Å²) >= 11 is 1.56. The van der Waals surface area contributed by atoms with Gasteiger partial charge in [-0.05, 0) is 36.1 Å². The van der Waals surface area contributed by atoms with Gasteiger partial charge < -0.3 is 14.6 Å². The number of hydrogen-bond acceptors (Lipinski definition) is 8. The first kappa shape index (κ1) is 17.2. The molecule has 0 spiro atoms. The molecule has 1 aromatic carbocycles. The molecule has 0 aliphatic carbocycles. The van der Waals surface area contributed by atoms with Crippen molar-refractivity contribution in [2.45, 2.75) is 13.0 Å². The lowest BCUT2D eigenvalue weighted by atomic mass is 10.1. The first-order valence-electron chi connectivity index (χ1n) is 8.33. The summed E-state index contributed by atoms with van der Waals surface area (Å²) in [5, 5.41) is 9.42. The molecule has 1 atom stereocenters. The first-order chi connectivity index (χ1) is 13.2. The average Bonchev–Trinajstić information content (AvgIpc) is 3.40. The Bertz CT molecular complexity index is 1010. The summed E-state index contributed by atoms with van der Waals surface area (Å²) in [6.07, 6.45) is 3.16. The molecule has 7 nitrogen and oxygen atoms in total. The van der Waals surface area contributed by atoms with Gasteiger partial charge in [0.15, 0.2) is 0 Å². The van der Waals surface area contributed by atoms with E-state index < -0.39 is 0 Å². The summed E-state index contributed by atoms with van der Waals surface area (Å²) in [6.45, 7) is 2.05. The Balaban J connectivity index is 1.59. The van der Waals surface area contributed by atoms with Crippen LogP contribution in [0.5, 0.6) is 5.75 Å². The maximum Gasteiger partial charge on any atom is 0.263 e. The summed E-state index contributed by atoms with van der Waals surface area (Å²) in [5.41, 5.74) is 1.76. The van der Waals surface area contributed by atoms with Gasteiger partial charge in [0.1, 0.15) is 23.5 Å². The Labute approximate surface area is 160 Å². The van der Waals surface area contributed by atoms with E-state index >= 15 is 0 Å². The van der Waals surface area contributed by atoms with Crippen LogP contribution in [0.1, 0.15) is 18.5 Å². The zero-order chi connectivity index (χ0) is 18.6. The molecule has 8 heteroatoms. The van der Waals surface area contributed by atoms with E-state index in [4.69, 9.17) is 9.26 Å². The van der Waals surface area contributed by atoms with Crippen LogP contribution >= 0.6 is 11.3 Å². The van der Waals surface area contributed by atoms with Crippen molar-refractivity contribution in [1.29, 1.82) is 0 Å². The van der Waals surface area contributed by atoms with Crippen LogP contribution in [0.15, 0.2) is 58.8 Å². The zero-order valence-electron chi connectivity index (χ0n) is 14.8. The highest BCUT2D eigenvalue weighted by Crippen LogP contribution is 2.30. The number of ether oxygens (including phenoxy) is 1. The molecule has 0 bridgehead atoms. The Morgan fingerprint density at radius 3 is 2.78 bits per heavy atom. The van der Waals surface area contributed by atoms with Gasteiger partial charge in [0, 0.05) is 12.2 Å². The fourth-order valence-electron chi connectivity index (χ4n) is 2.62. The summed E-state index contributed by atoms with van der Waals surface area (Å²) in [5.74, 6) is 2.39. The molecule has 0 fully saturated rings. The number of aromatic nitrogens is 4. The molecule has 0 radical (unpaired) electrons. The minimum Gasteiger partial charge on any atom is -0.497 e. The van der Waals surface area contributed by atoms with E-state index in [-0.39, 0.29) is 6.04 Å². The van der Waals surface area contributed by atoms with Gasteiger partial charge in [-0.25, -0.2) is 9.97 Å². The van der Waals surface area contributed by atoms with Crippen LogP contribution in [-0.4, -0.2) is 27.2 Å². The van der Waals surface area contributed by atoms with Crippen molar-refractivity contribution in [3.8, 4) is 27.9 Å². The molecule has 4 rings (SSSR count). The van der Waals surface area contributed by atoms with Gasteiger partial charge in [-0.3, -0.25) is 0 Å². The molecule has 0 saturated carbocycles. The molecule has 27 heavy (non-hydrogen) atoms. The van der Waals surface area contributed by atoms with Crippen LogP contribution in [0.3, 0.4) is 0 Å². The van der Waals surface area contributed by atoms with E-state index in [0.717, 1.165) is 16.2 Å². The number of hydrogen-bond donors (Lipinski definition) is 1. The second kappa shape index (κ2) is 7.55. The zero-order valence-corrected chi connectivity index (χ0v) is 15.6. The minimum atomic E-state index is 0.0178. The Morgan fingerprint density at radius 1 is 1.19 bits per heavy atom. The van der Waals surface area contributed by atoms with Gasteiger partial charge in [0.05, 0.1) is 12.0 Å². The lowest BCUT2D eigenvalue weighted by molar-refractivity contribution is 0.414. The molecule has 0 aliphatic rings. The van der Waals surface area contributed by atoms with Crippen LogP contribution in [0.25, 0.3) is 22.2 Å². The third kappa shape index (κ3) is 3.65. The quantitative estimate of drug-likeness (QED) is 0.530. The van der Waals surface area contributed by atoms with Crippen LogP contribution in [-0.2, 0) is 0 Å². The molecular weight excluding hydrogens is 362 g/mol. The molecular formula is C19H17N5O2S. The molecule has 0 saturated heterocycles. The number of nitrogens with zero attached hydrogens (tertiary/aromatic N) is 4. The van der Waals surface area contributed by atoms with E-state index in [2.05, 4.69) is 32.3 Å². The van der Waals surface area contributed by atoms with E-state index in [1.165, 1.54) is 6.33 Å². The fraction of sp³-hybridized carbons (Fsp3) is 0.158. The average molecular weight is 379 g/mol. The number of benzene rings is 1. The van der Waals surface area contributed by atoms with Crippen molar-refractivity contribution < 1.29 is 9.26 Å². The second-order valence-corrected chi connectivity index (χ2v) is 6.77. The highest BCUT2D eigenvalue weighted by Gasteiger charge is 2.17. The maximum absolute atomic E-state index is 5.44. The highest BCUT2D eigenvalue weighted by atomic mass is 32.1. The Morgan fingerprint density at radius 2 is 2.04 bits per heavy atom. The summed E-state index contributed by atoms with van der Waals surface area (Å²) in [4.78, 5) is 13.9. The lowest BCUT2D eigenvalue weighted by Crippen LogP contribution is -2.09. The minimum absolute atomic E-state index is 0.0178. The van der Waals surface area contributed by atoms with Crippen molar-refractivity contribution in [2.75, 3.05) is 12.4 Å². The van der Waals surface area contributed by atoms with Crippen molar-refractivity contribution in [3.63, 3.8) is 0 Å². The standard InChI is InChI=1S/C19H17N5O2S/c1-12(13-5-7-14(25-2)8-6-13)22-17-15(10-20-11-21-17)19-23-18(24-26-19)16-4-3-9-27-16/h3-12H,1-2H3,(H,20,21,22)/t12-/m0/s1. The number of methoxy groups -OCH3 is 1. The van der Waals surface area contributed by atoms with Gasteiger partial charge in [0.25, 0.3) is 5.89 Å². The van der Waals surface area contributed by atoms with Crippen LogP contribution < -0.4 is 10.1 Å². The predicted octanol–water partition coefficient (Wildman–Crippen LogP) is 4.44. The third-order valence-corrected chi connectivity index (χ3v) is 4.95. The highest BCUT2D eigenvalue weighted by molar-refractivity contribution is 7.13.